The third kappa shape index (κ3) is 5.38. The van der Waals surface area contributed by atoms with Crippen LogP contribution in [0.3, 0.4) is 0 Å². The number of hydrogen-bond acceptors (Lipinski definition) is 2. The maximum Gasteiger partial charge on any atom is 0.191 e. The fourth-order valence-corrected chi connectivity index (χ4v) is 3.52. The molecule has 0 saturated heterocycles. The minimum atomic E-state index is 0. The Balaban J connectivity index is 0.00000240. The van der Waals surface area contributed by atoms with Crippen molar-refractivity contribution in [2.24, 2.45) is 4.99 Å². The van der Waals surface area contributed by atoms with Crippen molar-refractivity contribution in [3.63, 3.8) is 0 Å². The number of para-hydroxylation sites is 1. The normalized spacial score (nSPS) is 14.7. The highest BCUT2D eigenvalue weighted by Gasteiger charge is 2.43. The van der Waals surface area contributed by atoms with Crippen molar-refractivity contribution < 1.29 is 0 Å². The van der Waals surface area contributed by atoms with E-state index >= 15 is 0 Å². The zero-order valence-electron chi connectivity index (χ0n) is 16.7. The van der Waals surface area contributed by atoms with Gasteiger partial charge >= 0.3 is 0 Å². The molecule has 2 aromatic carbocycles. The topological polar surface area (TPSA) is 54.2 Å². The van der Waals surface area contributed by atoms with Crippen LogP contribution in [0, 0.1) is 0 Å². The Labute approximate surface area is 189 Å². The van der Waals surface area contributed by atoms with Crippen molar-refractivity contribution >= 4 is 29.9 Å². The minimum Gasteiger partial charge on any atom is -0.356 e. The zero-order chi connectivity index (χ0) is 19.2. The van der Waals surface area contributed by atoms with Crippen LogP contribution >= 0.6 is 24.0 Å². The predicted molar refractivity (Wildman–Crippen MR) is 129 cm³/mol. The number of guanidine groups is 1. The quantitative estimate of drug-likeness (QED) is 0.293. The van der Waals surface area contributed by atoms with Crippen molar-refractivity contribution in [1.82, 2.24) is 20.4 Å². The molecule has 0 bridgehead atoms. The molecule has 1 aromatic heterocycles. The molecule has 29 heavy (non-hydrogen) atoms. The Bertz CT molecular complexity index is 917. The lowest BCUT2D eigenvalue weighted by molar-refractivity contribution is 0.645. The second-order valence-electron chi connectivity index (χ2n) is 7.38. The molecule has 0 unspecified atom stereocenters. The van der Waals surface area contributed by atoms with E-state index in [0.29, 0.717) is 0 Å². The van der Waals surface area contributed by atoms with Gasteiger partial charge in [-0.25, -0.2) is 4.68 Å². The SMILES string of the molecule is CN=C(NCCc1cnn(-c2ccccc2)c1)NCC1(c2ccccc2)CC1.I. The Kier molecular flexibility index (Phi) is 7.30. The molecule has 2 N–H and O–H groups in total. The summed E-state index contributed by atoms with van der Waals surface area (Å²) >= 11 is 0. The number of rotatable bonds is 7. The molecule has 4 rings (SSSR count). The largest absolute Gasteiger partial charge is 0.356 e. The highest BCUT2D eigenvalue weighted by atomic mass is 127. The molecule has 1 heterocycles. The monoisotopic (exact) mass is 501 g/mol. The van der Waals surface area contributed by atoms with Gasteiger partial charge in [-0.3, -0.25) is 4.99 Å². The molecule has 0 amide bonds. The molecular formula is C23H28IN5. The smallest absolute Gasteiger partial charge is 0.191 e. The number of nitrogens with one attached hydrogen (secondary N) is 2. The van der Waals surface area contributed by atoms with E-state index < -0.39 is 0 Å². The van der Waals surface area contributed by atoms with Crippen LogP contribution in [0.25, 0.3) is 5.69 Å². The number of aliphatic imine (C=N–C) groups is 1. The third-order valence-electron chi connectivity index (χ3n) is 5.42. The summed E-state index contributed by atoms with van der Waals surface area (Å²) in [4.78, 5) is 4.37. The van der Waals surface area contributed by atoms with Gasteiger partial charge in [-0.15, -0.1) is 24.0 Å². The van der Waals surface area contributed by atoms with E-state index in [1.165, 1.54) is 24.0 Å². The lowest BCUT2D eigenvalue weighted by Crippen LogP contribution is -2.41. The van der Waals surface area contributed by atoms with E-state index in [1.807, 2.05) is 36.1 Å². The van der Waals surface area contributed by atoms with Gasteiger partial charge in [0.05, 0.1) is 11.9 Å². The number of hydrogen-bond donors (Lipinski definition) is 2. The van der Waals surface area contributed by atoms with Crippen LogP contribution in [0.4, 0.5) is 0 Å². The molecule has 0 radical (unpaired) electrons. The second-order valence-corrected chi connectivity index (χ2v) is 7.38. The van der Waals surface area contributed by atoms with Crippen molar-refractivity contribution in [3.8, 4) is 5.69 Å². The van der Waals surface area contributed by atoms with E-state index in [9.17, 15) is 0 Å². The molecule has 3 aromatic rings. The summed E-state index contributed by atoms with van der Waals surface area (Å²) in [5.74, 6) is 0.859. The third-order valence-corrected chi connectivity index (χ3v) is 5.42. The van der Waals surface area contributed by atoms with Gasteiger partial charge < -0.3 is 10.6 Å². The predicted octanol–water partition coefficient (Wildman–Crippen LogP) is 3.93. The number of benzene rings is 2. The van der Waals surface area contributed by atoms with Crippen molar-refractivity contribution in [1.29, 1.82) is 0 Å². The molecule has 1 aliphatic rings. The lowest BCUT2D eigenvalue weighted by atomic mass is 9.96. The summed E-state index contributed by atoms with van der Waals surface area (Å²) in [5.41, 5.74) is 3.98. The van der Waals surface area contributed by atoms with E-state index in [2.05, 4.69) is 69.4 Å². The fraction of sp³-hybridized carbons (Fsp3) is 0.304. The van der Waals surface area contributed by atoms with E-state index in [-0.39, 0.29) is 29.4 Å². The first-order valence-electron chi connectivity index (χ1n) is 9.88. The van der Waals surface area contributed by atoms with E-state index in [0.717, 1.165) is 31.2 Å². The summed E-state index contributed by atoms with van der Waals surface area (Å²) < 4.78 is 1.92. The van der Waals surface area contributed by atoms with Gasteiger partial charge in [0, 0.05) is 31.7 Å². The minimum absolute atomic E-state index is 0. The second kappa shape index (κ2) is 9.91. The fourth-order valence-electron chi connectivity index (χ4n) is 3.52. The zero-order valence-corrected chi connectivity index (χ0v) is 19.0. The van der Waals surface area contributed by atoms with Crippen LogP contribution in [-0.4, -0.2) is 35.9 Å². The molecule has 152 valence electrons. The van der Waals surface area contributed by atoms with Crippen LogP contribution in [0.1, 0.15) is 24.0 Å². The first kappa shape index (κ1) is 21.4. The molecule has 6 heteroatoms. The van der Waals surface area contributed by atoms with Gasteiger partial charge in [-0.05, 0) is 42.5 Å². The van der Waals surface area contributed by atoms with Gasteiger partial charge in [0.15, 0.2) is 5.96 Å². The van der Waals surface area contributed by atoms with Crippen LogP contribution in [0.15, 0.2) is 78.0 Å². The summed E-state index contributed by atoms with van der Waals surface area (Å²) in [7, 11) is 1.82. The highest BCUT2D eigenvalue weighted by molar-refractivity contribution is 14.0. The molecule has 0 spiro atoms. The van der Waals surface area contributed by atoms with E-state index in [4.69, 9.17) is 0 Å². The Morgan fingerprint density at radius 1 is 1.03 bits per heavy atom. The van der Waals surface area contributed by atoms with Gasteiger partial charge in [0.1, 0.15) is 0 Å². The Morgan fingerprint density at radius 2 is 1.72 bits per heavy atom. The van der Waals surface area contributed by atoms with Gasteiger partial charge in [-0.2, -0.15) is 5.10 Å². The first-order valence-corrected chi connectivity index (χ1v) is 9.88. The number of halogens is 1. The maximum atomic E-state index is 4.46. The Hall–Kier alpha value is -2.35. The number of aromatic nitrogens is 2. The summed E-state index contributed by atoms with van der Waals surface area (Å²) in [6, 6.07) is 21.0. The van der Waals surface area contributed by atoms with Gasteiger partial charge in [0.2, 0.25) is 0 Å². The standard InChI is InChI=1S/C23H27N5.HI/c1-24-22(26-18-23(13-14-23)20-8-4-2-5-9-20)25-15-12-19-16-27-28(17-19)21-10-6-3-7-11-21;/h2-11,16-17H,12-15,18H2,1H3,(H2,24,25,26);1H. The molecular weight excluding hydrogens is 473 g/mol. The molecule has 1 fully saturated rings. The van der Waals surface area contributed by atoms with Crippen LogP contribution in [-0.2, 0) is 11.8 Å². The summed E-state index contributed by atoms with van der Waals surface area (Å²) in [6.07, 6.45) is 7.39. The van der Waals surface area contributed by atoms with Crippen LogP contribution < -0.4 is 10.6 Å². The highest BCUT2D eigenvalue weighted by Crippen LogP contribution is 2.47. The summed E-state index contributed by atoms with van der Waals surface area (Å²) in [5, 5.41) is 11.4. The average molecular weight is 501 g/mol. The van der Waals surface area contributed by atoms with Gasteiger partial charge in [0.25, 0.3) is 0 Å². The van der Waals surface area contributed by atoms with Gasteiger partial charge in [-0.1, -0.05) is 48.5 Å². The van der Waals surface area contributed by atoms with Crippen LogP contribution in [0.2, 0.25) is 0 Å². The van der Waals surface area contributed by atoms with E-state index in [1.54, 1.807) is 0 Å². The van der Waals surface area contributed by atoms with Crippen molar-refractivity contribution in [2.45, 2.75) is 24.7 Å². The number of nitrogens with zero attached hydrogens (tertiary/aromatic N) is 3. The molecule has 1 saturated carbocycles. The maximum absolute atomic E-state index is 4.46. The molecule has 5 nitrogen and oxygen atoms in total. The molecule has 0 atom stereocenters. The molecule has 0 aliphatic heterocycles. The van der Waals surface area contributed by atoms with Crippen molar-refractivity contribution in [3.05, 3.63) is 84.2 Å². The Morgan fingerprint density at radius 3 is 2.38 bits per heavy atom. The molecule has 1 aliphatic carbocycles. The van der Waals surface area contributed by atoms with Crippen molar-refractivity contribution in [2.75, 3.05) is 20.1 Å². The summed E-state index contributed by atoms with van der Waals surface area (Å²) in [6.45, 7) is 1.74. The van der Waals surface area contributed by atoms with Crippen LogP contribution in [0.5, 0.6) is 0 Å². The lowest BCUT2D eigenvalue weighted by Gasteiger charge is -2.19. The average Bonchev–Trinajstić information content (AvgIpc) is 3.41. The first-order chi connectivity index (χ1) is 13.8.